The van der Waals surface area contributed by atoms with Crippen LogP contribution in [0, 0.1) is 11.6 Å². The Balaban J connectivity index is 2.17. The summed E-state index contributed by atoms with van der Waals surface area (Å²) >= 11 is 1.39. The van der Waals surface area contributed by atoms with Crippen molar-refractivity contribution in [2.45, 2.75) is 10.1 Å². The third kappa shape index (κ3) is 2.88. The molecule has 0 saturated carbocycles. The second kappa shape index (κ2) is 5.49. The molecule has 18 heavy (non-hydrogen) atoms. The van der Waals surface area contributed by atoms with E-state index in [4.69, 9.17) is 5.73 Å². The number of aryl methyl sites for hydroxylation is 1. The fraction of sp³-hybridized carbons (Fsp3) is 0.250. The molecule has 0 fully saturated rings. The fourth-order valence-electron chi connectivity index (χ4n) is 1.57. The summed E-state index contributed by atoms with van der Waals surface area (Å²) in [5.41, 5.74) is 6.67. The minimum atomic E-state index is -0.845. The Bertz CT molecular complexity index is 542. The van der Waals surface area contributed by atoms with Crippen LogP contribution in [-0.2, 0) is 7.05 Å². The highest BCUT2D eigenvalue weighted by atomic mass is 32.2. The van der Waals surface area contributed by atoms with Gasteiger partial charge in [0.25, 0.3) is 0 Å². The lowest BCUT2D eigenvalue weighted by Gasteiger charge is -2.12. The van der Waals surface area contributed by atoms with Gasteiger partial charge >= 0.3 is 0 Å². The van der Waals surface area contributed by atoms with Gasteiger partial charge in [0, 0.05) is 35.5 Å². The van der Waals surface area contributed by atoms with Crippen LogP contribution in [0.3, 0.4) is 0 Å². The van der Waals surface area contributed by atoms with Crippen molar-refractivity contribution in [1.82, 2.24) is 9.78 Å². The second-order valence-corrected chi connectivity index (χ2v) is 5.14. The molecule has 0 aliphatic carbocycles. The zero-order chi connectivity index (χ0) is 13.1. The van der Waals surface area contributed by atoms with Gasteiger partial charge in [-0.2, -0.15) is 5.10 Å². The Hall–Kier alpha value is -1.40. The van der Waals surface area contributed by atoms with Crippen LogP contribution in [0.2, 0.25) is 0 Å². The molecule has 1 heterocycles. The summed E-state index contributed by atoms with van der Waals surface area (Å²) in [6.45, 7) is 0.398. The molecule has 0 bridgehead atoms. The van der Waals surface area contributed by atoms with Crippen molar-refractivity contribution in [3.05, 3.63) is 47.8 Å². The molecule has 1 aromatic carbocycles. The van der Waals surface area contributed by atoms with Gasteiger partial charge in [-0.3, -0.25) is 4.68 Å². The predicted molar refractivity (Wildman–Crippen MR) is 67.2 cm³/mol. The van der Waals surface area contributed by atoms with Gasteiger partial charge in [0.05, 0.1) is 6.20 Å². The molecular formula is C12H13F2N3S. The summed E-state index contributed by atoms with van der Waals surface area (Å²) in [6.07, 6.45) is 3.59. The van der Waals surface area contributed by atoms with Crippen LogP contribution in [0.15, 0.2) is 35.5 Å². The van der Waals surface area contributed by atoms with Crippen molar-refractivity contribution >= 4 is 11.8 Å². The molecule has 6 heteroatoms. The lowest BCUT2D eigenvalue weighted by atomic mass is 10.2. The quantitative estimate of drug-likeness (QED) is 0.867. The zero-order valence-corrected chi connectivity index (χ0v) is 10.6. The van der Waals surface area contributed by atoms with E-state index >= 15 is 0 Å². The average Bonchev–Trinajstić information content (AvgIpc) is 2.77. The van der Waals surface area contributed by atoms with E-state index in [0.29, 0.717) is 11.4 Å². The largest absolute Gasteiger partial charge is 0.329 e. The molecular weight excluding hydrogens is 256 g/mol. The Labute approximate surface area is 108 Å². The molecule has 1 unspecified atom stereocenters. The van der Waals surface area contributed by atoms with Crippen LogP contribution in [0.25, 0.3) is 0 Å². The highest BCUT2D eigenvalue weighted by molar-refractivity contribution is 7.99. The molecule has 0 saturated heterocycles. The number of thioether (sulfide) groups is 1. The van der Waals surface area contributed by atoms with Crippen LogP contribution in [0.5, 0.6) is 0 Å². The van der Waals surface area contributed by atoms with E-state index in [-0.39, 0.29) is 5.25 Å². The zero-order valence-electron chi connectivity index (χ0n) is 9.81. The third-order valence-corrected chi connectivity index (χ3v) is 3.76. The van der Waals surface area contributed by atoms with Gasteiger partial charge in [0.2, 0.25) is 0 Å². The van der Waals surface area contributed by atoms with E-state index in [0.717, 1.165) is 11.6 Å². The molecule has 0 amide bonds. The fourth-order valence-corrected chi connectivity index (χ4v) is 2.57. The number of nitrogens with zero attached hydrogens (tertiary/aromatic N) is 2. The molecule has 2 N–H and O–H groups in total. The highest BCUT2D eigenvalue weighted by Gasteiger charge is 2.14. The molecule has 2 aromatic rings. The summed E-state index contributed by atoms with van der Waals surface area (Å²) in [5, 5.41) is 4.05. The number of aromatic nitrogens is 2. The van der Waals surface area contributed by atoms with E-state index in [1.165, 1.54) is 17.8 Å². The van der Waals surface area contributed by atoms with Gasteiger partial charge in [-0.05, 0) is 18.2 Å². The third-order valence-electron chi connectivity index (χ3n) is 2.48. The monoisotopic (exact) mass is 269 g/mol. The van der Waals surface area contributed by atoms with E-state index in [1.807, 2.05) is 13.2 Å². The second-order valence-electron chi connectivity index (χ2n) is 3.87. The molecule has 0 aliphatic heterocycles. The summed E-state index contributed by atoms with van der Waals surface area (Å²) in [7, 11) is 1.82. The van der Waals surface area contributed by atoms with Crippen LogP contribution < -0.4 is 5.73 Å². The maximum Gasteiger partial charge on any atom is 0.159 e. The Kier molecular flexibility index (Phi) is 3.98. The predicted octanol–water partition coefficient (Wildman–Crippen LogP) is 2.49. The van der Waals surface area contributed by atoms with E-state index in [9.17, 15) is 8.78 Å². The first-order valence-corrected chi connectivity index (χ1v) is 6.28. The standard InChI is InChI=1S/C12H13F2N3S/c1-17-7-8(6-16-17)12(5-15)18-9-2-3-10(13)11(14)4-9/h2-4,6-7,12H,5,15H2,1H3. The summed E-state index contributed by atoms with van der Waals surface area (Å²) in [5.74, 6) is -1.69. The summed E-state index contributed by atoms with van der Waals surface area (Å²) in [6, 6.07) is 3.84. The van der Waals surface area contributed by atoms with Gasteiger partial charge < -0.3 is 5.73 Å². The molecule has 1 aromatic heterocycles. The molecule has 1 atom stereocenters. The van der Waals surface area contributed by atoms with Crippen LogP contribution in [0.4, 0.5) is 8.78 Å². The van der Waals surface area contributed by atoms with Crippen molar-refractivity contribution in [2.24, 2.45) is 12.8 Å². The van der Waals surface area contributed by atoms with Gasteiger partial charge in [0.15, 0.2) is 11.6 Å². The number of halogens is 2. The van der Waals surface area contributed by atoms with E-state index in [2.05, 4.69) is 5.10 Å². The Morgan fingerprint density at radius 1 is 1.39 bits per heavy atom. The molecule has 96 valence electrons. The molecule has 0 aliphatic rings. The number of benzene rings is 1. The van der Waals surface area contributed by atoms with Crippen molar-refractivity contribution in [1.29, 1.82) is 0 Å². The van der Waals surface area contributed by atoms with Crippen LogP contribution >= 0.6 is 11.8 Å². The molecule has 0 spiro atoms. The maximum atomic E-state index is 13.1. The summed E-state index contributed by atoms with van der Waals surface area (Å²) in [4.78, 5) is 0.646. The summed E-state index contributed by atoms with van der Waals surface area (Å²) < 4.78 is 27.6. The number of rotatable bonds is 4. The highest BCUT2D eigenvalue weighted by Crippen LogP contribution is 2.34. The average molecular weight is 269 g/mol. The molecule has 2 rings (SSSR count). The normalized spacial score (nSPS) is 12.7. The molecule has 0 radical (unpaired) electrons. The van der Waals surface area contributed by atoms with Gasteiger partial charge in [-0.25, -0.2) is 8.78 Å². The Morgan fingerprint density at radius 2 is 2.17 bits per heavy atom. The number of hydrogen-bond donors (Lipinski definition) is 1. The first-order valence-electron chi connectivity index (χ1n) is 5.40. The van der Waals surface area contributed by atoms with Crippen molar-refractivity contribution in [3.63, 3.8) is 0 Å². The van der Waals surface area contributed by atoms with Crippen molar-refractivity contribution in [3.8, 4) is 0 Å². The maximum absolute atomic E-state index is 13.1. The molecule has 3 nitrogen and oxygen atoms in total. The van der Waals surface area contributed by atoms with E-state index < -0.39 is 11.6 Å². The van der Waals surface area contributed by atoms with E-state index in [1.54, 1.807) is 16.9 Å². The lowest BCUT2D eigenvalue weighted by Crippen LogP contribution is -2.08. The van der Waals surface area contributed by atoms with Gasteiger partial charge in [-0.1, -0.05) is 0 Å². The smallest absolute Gasteiger partial charge is 0.159 e. The first kappa shape index (κ1) is 13.0. The minimum absolute atomic E-state index is 0.0245. The number of nitrogens with two attached hydrogens (primary N) is 1. The number of hydrogen-bond acceptors (Lipinski definition) is 3. The topological polar surface area (TPSA) is 43.8 Å². The van der Waals surface area contributed by atoms with Crippen LogP contribution in [0.1, 0.15) is 10.8 Å². The van der Waals surface area contributed by atoms with Crippen molar-refractivity contribution < 1.29 is 8.78 Å². The van der Waals surface area contributed by atoms with Gasteiger partial charge in [-0.15, -0.1) is 11.8 Å². The lowest BCUT2D eigenvalue weighted by molar-refractivity contribution is 0.506. The Morgan fingerprint density at radius 3 is 2.72 bits per heavy atom. The first-order chi connectivity index (χ1) is 8.60. The van der Waals surface area contributed by atoms with Crippen LogP contribution in [-0.4, -0.2) is 16.3 Å². The van der Waals surface area contributed by atoms with Gasteiger partial charge in [0.1, 0.15) is 0 Å². The SMILES string of the molecule is Cn1cc(C(CN)Sc2ccc(F)c(F)c2)cn1. The van der Waals surface area contributed by atoms with Crippen molar-refractivity contribution in [2.75, 3.05) is 6.54 Å². The minimum Gasteiger partial charge on any atom is -0.329 e.